The van der Waals surface area contributed by atoms with E-state index in [0.29, 0.717) is 28.3 Å². The molecule has 2 heterocycles. The Bertz CT molecular complexity index is 1290. The van der Waals surface area contributed by atoms with Crippen LogP contribution >= 0.6 is 0 Å². The number of aromatic nitrogens is 2. The van der Waals surface area contributed by atoms with Crippen LogP contribution in [0.1, 0.15) is 21.9 Å². The van der Waals surface area contributed by atoms with E-state index in [1.165, 1.54) is 6.07 Å². The highest BCUT2D eigenvalue weighted by molar-refractivity contribution is 6.02. The van der Waals surface area contributed by atoms with E-state index in [2.05, 4.69) is 26.0 Å². The van der Waals surface area contributed by atoms with Crippen LogP contribution < -0.4 is 15.8 Å². The molecule has 0 aliphatic carbocycles. The molecule has 148 valence electrons. The van der Waals surface area contributed by atoms with E-state index in [0.717, 1.165) is 0 Å². The summed E-state index contributed by atoms with van der Waals surface area (Å²) in [7, 11) is 0. The molecule has 2 N–H and O–H groups in total. The van der Waals surface area contributed by atoms with E-state index in [4.69, 9.17) is 14.4 Å². The van der Waals surface area contributed by atoms with Gasteiger partial charge in [-0.2, -0.15) is 5.26 Å². The van der Waals surface area contributed by atoms with Gasteiger partial charge in [-0.05, 0) is 36.4 Å². The molecule has 0 fully saturated rings. The Labute approximate surface area is 169 Å². The summed E-state index contributed by atoms with van der Waals surface area (Å²) < 4.78 is 15.6. The van der Waals surface area contributed by atoms with E-state index >= 15 is 0 Å². The highest BCUT2D eigenvalue weighted by Gasteiger charge is 2.13. The minimum absolute atomic E-state index is 0.0704. The Kier molecular flexibility index (Phi) is 5.13. The van der Waals surface area contributed by atoms with Crippen molar-refractivity contribution in [3.05, 3.63) is 88.3 Å². The number of rotatable bonds is 6. The van der Waals surface area contributed by atoms with Crippen LogP contribution in [-0.2, 0) is 6.61 Å². The molecule has 0 aliphatic rings. The second-order valence-corrected chi connectivity index (χ2v) is 6.14. The summed E-state index contributed by atoms with van der Waals surface area (Å²) in [4.78, 5) is 26.0. The van der Waals surface area contributed by atoms with Crippen LogP contribution in [0.3, 0.4) is 0 Å². The lowest BCUT2D eigenvalue weighted by molar-refractivity contribution is 0.0992. The highest BCUT2D eigenvalue weighted by Crippen LogP contribution is 2.21. The van der Waals surface area contributed by atoms with Gasteiger partial charge >= 0.3 is 5.76 Å². The van der Waals surface area contributed by atoms with Crippen molar-refractivity contribution in [2.45, 2.75) is 6.61 Å². The predicted octanol–water partition coefficient (Wildman–Crippen LogP) is 3.33. The number of amides is 1. The van der Waals surface area contributed by atoms with Crippen molar-refractivity contribution in [1.29, 1.82) is 5.26 Å². The lowest BCUT2D eigenvalue weighted by Gasteiger charge is -2.06. The number of carbonyl (C=O) groups is 1. The normalized spacial score (nSPS) is 10.4. The van der Waals surface area contributed by atoms with Crippen molar-refractivity contribution < 1.29 is 18.5 Å². The van der Waals surface area contributed by atoms with E-state index in [1.54, 1.807) is 54.6 Å². The maximum Gasteiger partial charge on any atom is 0.439 e. The average Bonchev–Trinajstić information content (AvgIpc) is 3.42. The lowest BCUT2D eigenvalue weighted by atomic mass is 10.2. The molecule has 0 radical (unpaired) electrons. The number of furan rings is 1. The van der Waals surface area contributed by atoms with Crippen molar-refractivity contribution in [1.82, 2.24) is 10.1 Å². The lowest BCUT2D eigenvalue weighted by Crippen LogP contribution is -2.11. The summed E-state index contributed by atoms with van der Waals surface area (Å²) in [6.45, 7) is 0.0704. The minimum atomic E-state index is -0.665. The van der Waals surface area contributed by atoms with Crippen molar-refractivity contribution in [3.63, 3.8) is 0 Å². The van der Waals surface area contributed by atoms with Crippen LogP contribution in [0, 0.1) is 11.3 Å². The number of para-hydroxylation sites is 1. The van der Waals surface area contributed by atoms with Crippen LogP contribution in [0.5, 0.6) is 5.75 Å². The first-order valence-corrected chi connectivity index (χ1v) is 8.81. The molecule has 30 heavy (non-hydrogen) atoms. The van der Waals surface area contributed by atoms with Gasteiger partial charge in [-0.1, -0.05) is 29.4 Å². The summed E-state index contributed by atoms with van der Waals surface area (Å²) >= 11 is 0. The Balaban J connectivity index is 1.42. The molecule has 0 saturated heterocycles. The number of carbonyl (C=O) groups excluding carboxylic acids is 1. The maximum absolute atomic E-state index is 12.5. The number of nitriles is 1. The molecule has 0 saturated carbocycles. The largest absolute Gasteiger partial charge is 0.484 e. The Morgan fingerprint density at radius 2 is 2.03 bits per heavy atom. The zero-order valence-corrected chi connectivity index (χ0v) is 15.4. The number of hydrogen-bond donors (Lipinski definition) is 2. The second kappa shape index (κ2) is 8.20. The van der Waals surface area contributed by atoms with Crippen LogP contribution in [0.4, 0.5) is 5.69 Å². The third kappa shape index (κ3) is 4.13. The molecule has 0 aliphatic heterocycles. The predicted molar refractivity (Wildman–Crippen MR) is 105 cm³/mol. The van der Waals surface area contributed by atoms with Crippen molar-refractivity contribution in [2.24, 2.45) is 0 Å². The Morgan fingerprint density at radius 3 is 2.83 bits per heavy atom. The summed E-state index contributed by atoms with van der Waals surface area (Å²) in [6, 6.07) is 18.8. The topological polar surface area (TPSA) is 134 Å². The molecule has 0 atom stereocenters. The molecule has 0 unspecified atom stereocenters. The quantitative estimate of drug-likeness (QED) is 0.505. The van der Waals surface area contributed by atoms with E-state index in [1.807, 2.05) is 0 Å². The number of nitrogens with zero attached hydrogens (tertiary/aromatic N) is 2. The number of aromatic amines is 1. The monoisotopic (exact) mass is 402 g/mol. The van der Waals surface area contributed by atoms with Crippen molar-refractivity contribution >= 4 is 11.6 Å². The first-order chi connectivity index (χ1) is 14.6. The second-order valence-electron chi connectivity index (χ2n) is 6.14. The highest BCUT2D eigenvalue weighted by atomic mass is 16.5. The van der Waals surface area contributed by atoms with Gasteiger partial charge < -0.3 is 14.5 Å². The fourth-order valence-corrected chi connectivity index (χ4v) is 2.70. The van der Waals surface area contributed by atoms with Gasteiger partial charge in [-0.25, -0.2) is 4.79 Å². The number of benzene rings is 2. The summed E-state index contributed by atoms with van der Waals surface area (Å²) in [5.41, 5.74) is 1.47. The molecular formula is C21H14N4O5. The first-order valence-electron chi connectivity index (χ1n) is 8.81. The van der Waals surface area contributed by atoms with Crippen molar-refractivity contribution in [2.75, 3.05) is 5.32 Å². The van der Waals surface area contributed by atoms with E-state index in [9.17, 15) is 9.59 Å². The smallest absolute Gasteiger partial charge is 0.439 e. The summed E-state index contributed by atoms with van der Waals surface area (Å²) in [6.07, 6.45) is 0. The fraction of sp³-hybridized carbons (Fsp3) is 0.0476. The molecular weight excluding hydrogens is 388 g/mol. The molecule has 1 amide bonds. The average molecular weight is 402 g/mol. The van der Waals surface area contributed by atoms with Crippen LogP contribution in [0.2, 0.25) is 0 Å². The number of ether oxygens (including phenoxy) is 1. The molecule has 0 spiro atoms. The zero-order chi connectivity index (χ0) is 20.9. The van der Waals surface area contributed by atoms with E-state index < -0.39 is 11.7 Å². The number of nitrogens with one attached hydrogen (secondary N) is 2. The van der Waals surface area contributed by atoms with Gasteiger partial charge in [-0.15, -0.1) is 0 Å². The number of anilines is 1. The molecule has 4 rings (SSSR count). The third-order valence-electron chi connectivity index (χ3n) is 4.10. The SMILES string of the molecule is N#Cc1ccccc1OCc1ccc(C(=O)Nc2cccc(-c3noc(=O)[nH]3)c2)o1. The molecule has 2 aromatic heterocycles. The Hall–Kier alpha value is -4.58. The van der Waals surface area contributed by atoms with Gasteiger partial charge in [0.25, 0.3) is 5.91 Å². The minimum Gasteiger partial charge on any atom is -0.484 e. The van der Waals surface area contributed by atoms with Gasteiger partial charge in [-0.3, -0.25) is 14.3 Å². The van der Waals surface area contributed by atoms with Crippen molar-refractivity contribution in [3.8, 4) is 23.2 Å². The number of hydrogen-bond acceptors (Lipinski definition) is 7. The molecule has 2 aromatic carbocycles. The third-order valence-corrected chi connectivity index (χ3v) is 4.10. The van der Waals surface area contributed by atoms with Gasteiger partial charge in [0.05, 0.1) is 5.56 Å². The Morgan fingerprint density at radius 1 is 1.17 bits per heavy atom. The van der Waals surface area contributed by atoms with Crippen LogP contribution in [-0.4, -0.2) is 16.0 Å². The molecule has 9 nitrogen and oxygen atoms in total. The summed E-state index contributed by atoms with van der Waals surface area (Å²) in [5.74, 6) is 0.104. The van der Waals surface area contributed by atoms with Gasteiger partial charge in [0.1, 0.15) is 24.2 Å². The summed E-state index contributed by atoms with van der Waals surface area (Å²) in [5, 5.41) is 15.4. The molecule has 0 bridgehead atoms. The molecule has 9 heteroatoms. The van der Waals surface area contributed by atoms with Gasteiger partial charge in [0.15, 0.2) is 11.6 Å². The first kappa shape index (κ1) is 18.8. The van der Waals surface area contributed by atoms with Gasteiger partial charge in [0.2, 0.25) is 0 Å². The van der Waals surface area contributed by atoms with Crippen LogP contribution in [0.15, 0.2) is 74.4 Å². The zero-order valence-electron chi connectivity index (χ0n) is 15.4. The standard InChI is InChI=1S/C21H14N4O5/c22-11-14-4-1-2-7-17(14)28-12-16-8-9-18(29-16)20(26)23-15-6-3-5-13(10-15)19-24-21(27)30-25-19/h1-10H,12H2,(H,23,26)(H,24,25,27). The van der Waals surface area contributed by atoms with E-state index in [-0.39, 0.29) is 18.2 Å². The maximum atomic E-state index is 12.5. The fourth-order valence-electron chi connectivity index (χ4n) is 2.70. The molecule has 4 aromatic rings. The van der Waals surface area contributed by atoms with Crippen LogP contribution in [0.25, 0.3) is 11.4 Å². The number of H-pyrrole nitrogens is 1. The van der Waals surface area contributed by atoms with Gasteiger partial charge in [0, 0.05) is 11.3 Å².